The maximum atomic E-state index is 12.2. The summed E-state index contributed by atoms with van der Waals surface area (Å²) in [6.07, 6.45) is 2.58. The molecule has 104 valence electrons. The van der Waals surface area contributed by atoms with E-state index in [1.54, 1.807) is 36.5 Å². The van der Waals surface area contributed by atoms with E-state index in [0.717, 1.165) is 6.42 Å². The van der Waals surface area contributed by atoms with Crippen molar-refractivity contribution in [2.24, 2.45) is 5.73 Å². The molecule has 5 nitrogen and oxygen atoms in total. The molecule has 2 aromatic rings. The highest BCUT2D eigenvalue weighted by Gasteiger charge is 2.19. The lowest BCUT2D eigenvalue weighted by Gasteiger charge is -2.12. The van der Waals surface area contributed by atoms with E-state index in [1.165, 1.54) is 0 Å². The third kappa shape index (κ3) is 2.71. The molecule has 0 aliphatic heterocycles. The number of H-pyrrole nitrogens is 1. The van der Waals surface area contributed by atoms with E-state index in [0.29, 0.717) is 28.9 Å². The van der Waals surface area contributed by atoms with E-state index in [2.05, 4.69) is 10.3 Å². The van der Waals surface area contributed by atoms with Crippen LogP contribution in [-0.4, -0.2) is 23.3 Å². The topological polar surface area (TPSA) is 88.0 Å². The number of hydrogen-bond acceptors (Lipinski definition) is 2. The molecule has 20 heavy (non-hydrogen) atoms. The summed E-state index contributed by atoms with van der Waals surface area (Å²) in [4.78, 5) is 26.8. The van der Waals surface area contributed by atoms with Crippen molar-refractivity contribution in [3.05, 3.63) is 47.7 Å². The van der Waals surface area contributed by atoms with Gasteiger partial charge in [-0.1, -0.05) is 13.0 Å². The van der Waals surface area contributed by atoms with Crippen LogP contribution in [-0.2, 0) is 0 Å². The molecule has 0 unspecified atom stereocenters. The van der Waals surface area contributed by atoms with Crippen LogP contribution < -0.4 is 11.1 Å². The highest BCUT2D eigenvalue weighted by Crippen LogP contribution is 2.26. The van der Waals surface area contributed by atoms with E-state index in [1.807, 2.05) is 6.92 Å². The molecule has 1 aromatic heterocycles. The van der Waals surface area contributed by atoms with E-state index in [4.69, 9.17) is 5.73 Å². The van der Waals surface area contributed by atoms with Gasteiger partial charge in [0, 0.05) is 35.1 Å². The number of nitrogens with two attached hydrogens (primary N) is 1. The van der Waals surface area contributed by atoms with Gasteiger partial charge < -0.3 is 16.0 Å². The number of aromatic nitrogens is 1. The fraction of sp³-hybridized carbons (Fsp3) is 0.200. The van der Waals surface area contributed by atoms with E-state index < -0.39 is 5.91 Å². The van der Waals surface area contributed by atoms with Crippen molar-refractivity contribution < 1.29 is 9.59 Å². The molecule has 0 saturated heterocycles. The van der Waals surface area contributed by atoms with E-state index >= 15 is 0 Å². The van der Waals surface area contributed by atoms with E-state index in [-0.39, 0.29) is 5.91 Å². The lowest BCUT2D eigenvalue weighted by atomic mass is 9.97. The predicted octanol–water partition coefficient (Wildman–Crippen LogP) is 1.92. The molecule has 5 heteroatoms. The van der Waals surface area contributed by atoms with Gasteiger partial charge >= 0.3 is 0 Å². The zero-order valence-corrected chi connectivity index (χ0v) is 11.3. The van der Waals surface area contributed by atoms with Gasteiger partial charge in [0.1, 0.15) is 0 Å². The normalized spacial score (nSPS) is 10.2. The van der Waals surface area contributed by atoms with Gasteiger partial charge in [0.15, 0.2) is 0 Å². The van der Waals surface area contributed by atoms with Crippen molar-refractivity contribution >= 4 is 11.8 Å². The highest BCUT2D eigenvalue weighted by atomic mass is 16.2. The Bertz CT molecular complexity index is 618. The first-order chi connectivity index (χ1) is 9.65. The molecule has 0 saturated carbocycles. The number of hydrogen-bond donors (Lipinski definition) is 3. The molecule has 0 atom stereocenters. The summed E-state index contributed by atoms with van der Waals surface area (Å²) in [6.45, 7) is 2.57. The second kappa shape index (κ2) is 6.06. The average Bonchev–Trinajstić information content (AvgIpc) is 2.97. The third-order valence-corrected chi connectivity index (χ3v) is 2.98. The predicted molar refractivity (Wildman–Crippen MR) is 77.4 cm³/mol. The standard InChI is InChI=1S/C15H17N3O2/c1-2-8-18-15(20)11-6-3-5-10(14(16)19)13(11)12-7-4-9-17-12/h3-7,9,17H,2,8H2,1H3,(H2,16,19)(H,18,20). The number of rotatable bonds is 5. The van der Waals surface area contributed by atoms with Crippen LogP contribution in [0.3, 0.4) is 0 Å². The minimum absolute atomic E-state index is 0.209. The molecule has 0 aliphatic carbocycles. The van der Waals surface area contributed by atoms with Gasteiger partial charge in [-0.3, -0.25) is 9.59 Å². The van der Waals surface area contributed by atoms with Crippen LogP contribution in [0.25, 0.3) is 11.3 Å². The Morgan fingerprint density at radius 1 is 1.20 bits per heavy atom. The Balaban J connectivity index is 2.54. The van der Waals surface area contributed by atoms with Crippen LogP contribution in [0.1, 0.15) is 34.1 Å². The Morgan fingerprint density at radius 2 is 1.95 bits per heavy atom. The third-order valence-electron chi connectivity index (χ3n) is 2.98. The smallest absolute Gasteiger partial charge is 0.251 e. The Labute approximate surface area is 117 Å². The molecule has 1 aromatic carbocycles. The molecule has 2 rings (SSSR count). The van der Waals surface area contributed by atoms with Gasteiger partial charge in [-0.05, 0) is 30.7 Å². The summed E-state index contributed by atoms with van der Waals surface area (Å²) in [5.74, 6) is -0.765. The Morgan fingerprint density at radius 3 is 2.55 bits per heavy atom. The molecule has 0 spiro atoms. The zero-order valence-electron chi connectivity index (χ0n) is 11.3. The highest BCUT2D eigenvalue weighted by molar-refractivity contribution is 6.08. The molecule has 0 fully saturated rings. The summed E-state index contributed by atoms with van der Waals surface area (Å²) in [5.41, 5.74) is 7.41. The number of benzene rings is 1. The fourth-order valence-electron chi connectivity index (χ4n) is 2.06. The molecule has 2 amide bonds. The van der Waals surface area contributed by atoms with Gasteiger partial charge in [0.05, 0.1) is 0 Å². The lowest BCUT2D eigenvalue weighted by molar-refractivity contribution is 0.0954. The number of carbonyl (C=O) groups is 2. The second-order valence-corrected chi connectivity index (χ2v) is 4.43. The Kier molecular flexibility index (Phi) is 4.20. The van der Waals surface area contributed by atoms with Crippen LogP contribution in [0.2, 0.25) is 0 Å². The van der Waals surface area contributed by atoms with Gasteiger partial charge in [-0.25, -0.2) is 0 Å². The SMILES string of the molecule is CCCNC(=O)c1cccc(C(N)=O)c1-c1ccc[nH]1. The average molecular weight is 271 g/mol. The van der Waals surface area contributed by atoms with Gasteiger partial charge in [0.25, 0.3) is 5.91 Å². The first kappa shape index (κ1) is 13.9. The second-order valence-electron chi connectivity index (χ2n) is 4.43. The summed E-state index contributed by atoms with van der Waals surface area (Å²) in [5, 5.41) is 2.81. The summed E-state index contributed by atoms with van der Waals surface area (Å²) >= 11 is 0. The summed E-state index contributed by atoms with van der Waals surface area (Å²) < 4.78 is 0. The van der Waals surface area contributed by atoms with Crippen LogP contribution in [0.4, 0.5) is 0 Å². The molecule has 1 heterocycles. The van der Waals surface area contributed by atoms with Crippen LogP contribution in [0, 0.1) is 0 Å². The van der Waals surface area contributed by atoms with Gasteiger partial charge in [-0.15, -0.1) is 0 Å². The minimum Gasteiger partial charge on any atom is -0.366 e. The van der Waals surface area contributed by atoms with Crippen molar-refractivity contribution in [1.29, 1.82) is 0 Å². The maximum Gasteiger partial charge on any atom is 0.251 e. The quantitative estimate of drug-likeness (QED) is 0.775. The molecule has 0 radical (unpaired) electrons. The van der Waals surface area contributed by atoms with Crippen molar-refractivity contribution in [2.75, 3.05) is 6.54 Å². The number of aromatic amines is 1. The maximum absolute atomic E-state index is 12.2. The Hall–Kier alpha value is -2.56. The molecular weight excluding hydrogens is 254 g/mol. The van der Waals surface area contributed by atoms with Crippen molar-refractivity contribution in [2.45, 2.75) is 13.3 Å². The fourth-order valence-corrected chi connectivity index (χ4v) is 2.06. The molecule has 0 aliphatic rings. The zero-order chi connectivity index (χ0) is 14.5. The van der Waals surface area contributed by atoms with Crippen molar-refractivity contribution in [1.82, 2.24) is 10.3 Å². The van der Waals surface area contributed by atoms with Crippen molar-refractivity contribution in [3.8, 4) is 11.3 Å². The number of carbonyl (C=O) groups excluding carboxylic acids is 2. The minimum atomic E-state index is -0.556. The lowest BCUT2D eigenvalue weighted by Crippen LogP contribution is -2.25. The number of primary amides is 1. The van der Waals surface area contributed by atoms with Crippen molar-refractivity contribution in [3.63, 3.8) is 0 Å². The molecular formula is C15H17N3O2. The summed E-state index contributed by atoms with van der Waals surface area (Å²) in [7, 11) is 0. The summed E-state index contributed by atoms with van der Waals surface area (Å²) in [6, 6.07) is 8.58. The monoisotopic (exact) mass is 271 g/mol. The number of amides is 2. The number of nitrogens with one attached hydrogen (secondary N) is 2. The first-order valence-electron chi connectivity index (χ1n) is 6.50. The molecule has 0 bridgehead atoms. The van der Waals surface area contributed by atoms with E-state index in [9.17, 15) is 9.59 Å². The van der Waals surface area contributed by atoms with Crippen LogP contribution >= 0.6 is 0 Å². The van der Waals surface area contributed by atoms with Gasteiger partial charge in [-0.2, -0.15) is 0 Å². The van der Waals surface area contributed by atoms with Gasteiger partial charge in [0.2, 0.25) is 5.91 Å². The van der Waals surface area contributed by atoms with Crippen LogP contribution in [0.5, 0.6) is 0 Å². The molecule has 4 N–H and O–H groups in total. The first-order valence-corrected chi connectivity index (χ1v) is 6.50. The van der Waals surface area contributed by atoms with Crippen LogP contribution in [0.15, 0.2) is 36.5 Å². The largest absolute Gasteiger partial charge is 0.366 e.